The summed E-state index contributed by atoms with van der Waals surface area (Å²) in [7, 11) is 1.35. The smallest absolute Gasteiger partial charge is 0.316 e. The van der Waals surface area contributed by atoms with Crippen molar-refractivity contribution in [2.45, 2.75) is 37.6 Å². The molecule has 31 heavy (non-hydrogen) atoms. The predicted octanol–water partition coefficient (Wildman–Crippen LogP) is 3.21. The van der Waals surface area contributed by atoms with E-state index in [0.717, 1.165) is 15.3 Å². The molecular weight excluding hydrogens is 436 g/mol. The lowest BCUT2D eigenvalue weighted by Crippen LogP contribution is -2.32. The number of methoxy groups -OCH3 is 1. The average Bonchev–Trinajstić information content (AvgIpc) is 3.33. The standard InChI is InChI=1S/C21H20N4O4S2/c1-21(2)9-13-14(10-29-21)31-18-16(13)17(27)24(12-7-5-4-6-8-12)19-22-23-20(25(18)19)30-11-15(26)28-3/h4-8H,9-11H2,1-3H3. The van der Waals surface area contributed by atoms with E-state index in [4.69, 9.17) is 9.47 Å². The van der Waals surface area contributed by atoms with Gasteiger partial charge in [0.25, 0.3) is 5.56 Å². The van der Waals surface area contributed by atoms with Crippen LogP contribution in [0.3, 0.4) is 0 Å². The number of esters is 1. The Labute approximate surface area is 185 Å². The van der Waals surface area contributed by atoms with Crippen molar-refractivity contribution in [1.82, 2.24) is 19.2 Å². The molecule has 0 atom stereocenters. The number of hydrogen-bond acceptors (Lipinski definition) is 8. The highest BCUT2D eigenvalue weighted by Gasteiger charge is 2.32. The molecule has 0 amide bonds. The van der Waals surface area contributed by atoms with Crippen LogP contribution in [0.1, 0.15) is 24.3 Å². The fraction of sp³-hybridized carbons (Fsp3) is 0.333. The molecule has 0 radical (unpaired) electrons. The molecule has 0 spiro atoms. The van der Waals surface area contributed by atoms with E-state index in [1.165, 1.54) is 30.2 Å². The first-order valence-corrected chi connectivity index (χ1v) is 11.5. The summed E-state index contributed by atoms with van der Waals surface area (Å²) in [5, 5.41) is 9.82. The normalized spacial score (nSPS) is 15.3. The quantitative estimate of drug-likeness (QED) is 0.344. The molecule has 1 aliphatic heterocycles. The number of carbonyl (C=O) groups is 1. The lowest BCUT2D eigenvalue weighted by atomic mass is 9.94. The van der Waals surface area contributed by atoms with Crippen LogP contribution in [0, 0.1) is 0 Å². The number of ether oxygens (including phenoxy) is 2. The van der Waals surface area contributed by atoms with Crippen molar-refractivity contribution in [2.75, 3.05) is 12.9 Å². The zero-order valence-electron chi connectivity index (χ0n) is 17.2. The Morgan fingerprint density at radius 2 is 2.06 bits per heavy atom. The van der Waals surface area contributed by atoms with Gasteiger partial charge in [-0.15, -0.1) is 21.5 Å². The number of benzene rings is 1. The minimum Gasteiger partial charge on any atom is -0.468 e. The molecule has 0 fully saturated rings. The molecule has 0 saturated heterocycles. The molecule has 5 rings (SSSR count). The second kappa shape index (κ2) is 7.47. The Morgan fingerprint density at radius 1 is 1.29 bits per heavy atom. The predicted molar refractivity (Wildman–Crippen MR) is 119 cm³/mol. The van der Waals surface area contributed by atoms with E-state index in [1.54, 1.807) is 4.57 Å². The lowest BCUT2D eigenvalue weighted by molar-refractivity contribution is -0.137. The first-order valence-electron chi connectivity index (χ1n) is 9.73. The topological polar surface area (TPSA) is 87.7 Å². The van der Waals surface area contributed by atoms with E-state index in [0.29, 0.717) is 35.0 Å². The third-order valence-electron chi connectivity index (χ3n) is 5.27. The van der Waals surface area contributed by atoms with Gasteiger partial charge in [-0.3, -0.25) is 9.59 Å². The zero-order chi connectivity index (χ0) is 21.8. The fourth-order valence-electron chi connectivity index (χ4n) is 3.79. The molecule has 0 N–H and O–H groups in total. The third kappa shape index (κ3) is 3.35. The van der Waals surface area contributed by atoms with Crippen molar-refractivity contribution in [2.24, 2.45) is 0 Å². The summed E-state index contributed by atoms with van der Waals surface area (Å²) in [6.07, 6.45) is 0.643. The highest BCUT2D eigenvalue weighted by atomic mass is 32.2. The van der Waals surface area contributed by atoms with Crippen molar-refractivity contribution in [3.63, 3.8) is 0 Å². The molecular formula is C21H20N4O4S2. The summed E-state index contributed by atoms with van der Waals surface area (Å²) in [5.41, 5.74) is 1.25. The zero-order valence-corrected chi connectivity index (χ0v) is 18.9. The number of nitrogens with zero attached hydrogens (tertiary/aromatic N) is 4. The number of thiophene rings is 1. The van der Waals surface area contributed by atoms with E-state index < -0.39 is 0 Å². The summed E-state index contributed by atoms with van der Waals surface area (Å²) >= 11 is 2.76. The van der Waals surface area contributed by atoms with Crippen LogP contribution in [0.4, 0.5) is 0 Å². The van der Waals surface area contributed by atoms with Crippen molar-refractivity contribution < 1.29 is 14.3 Å². The van der Waals surface area contributed by atoms with Crippen LogP contribution in [0.2, 0.25) is 0 Å². The number of thioether (sulfide) groups is 1. The molecule has 0 bridgehead atoms. The lowest BCUT2D eigenvalue weighted by Gasteiger charge is -2.29. The van der Waals surface area contributed by atoms with Gasteiger partial charge in [-0.05, 0) is 31.5 Å². The van der Waals surface area contributed by atoms with E-state index in [-0.39, 0.29) is 22.9 Å². The maximum Gasteiger partial charge on any atom is 0.316 e. The van der Waals surface area contributed by atoms with Crippen molar-refractivity contribution >= 4 is 45.1 Å². The van der Waals surface area contributed by atoms with Crippen molar-refractivity contribution in [1.29, 1.82) is 0 Å². The molecule has 3 aromatic heterocycles. The minimum absolute atomic E-state index is 0.102. The Kier molecular flexibility index (Phi) is 4.87. The summed E-state index contributed by atoms with van der Waals surface area (Å²) in [4.78, 5) is 27.3. The number of aromatic nitrogens is 4. The van der Waals surface area contributed by atoms with E-state index in [1.807, 2.05) is 48.6 Å². The molecule has 4 heterocycles. The third-order valence-corrected chi connectivity index (χ3v) is 7.36. The van der Waals surface area contributed by atoms with Crippen LogP contribution in [0.15, 0.2) is 40.3 Å². The Hall–Kier alpha value is -2.69. The maximum atomic E-state index is 13.8. The number of carbonyl (C=O) groups excluding carboxylic acids is 1. The molecule has 1 aliphatic rings. The van der Waals surface area contributed by atoms with Gasteiger partial charge >= 0.3 is 5.97 Å². The second-order valence-electron chi connectivity index (χ2n) is 7.87. The van der Waals surface area contributed by atoms with Gasteiger partial charge in [0.15, 0.2) is 5.16 Å². The summed E-state index contributed by atoms with van der Waals surface area (Å²) in [5.74, 6) is 0.162. The molecule has 8 nitrogen and oxygen atoms in total. The number of para-hydroxylation sites is 1. The maximum absolute atomic E-state index is 13.8. The number of hydrogen-bond donors (Lipinski definition) is 0. The van der Waals surface area contributed by atoms with Gasteiger partial charge in [0.1, 0.15) is 4.83 Å². The first-order chi connectivity index (χ1) is 14.9. The van der Waals surface area contributed by atoms with Gasteiger partial charge in [-0.25, -0.2) is 8.97 Å². The van der Waals surface area contributed by atoms with Gasteiger partial charge in [0.05, 0.1) is 36.1 Å². The van der Waals surface area contributed by atoms with Crippen LogP contribution < -0.4 is 5.56 Å². The Morgan fingerprint density at radius 3 is 2.81 bits per heavy atom. The molecule has 0 saturated carbocycles. The van der Waals surface area contributed by atoms with Gasteiger partial charge in [0.2, 0.25) is 5.78 Å². The first kappa shape index (κ1) is 20.2. The van der Waals surface area contributed by atoms with Gasteiger partial charge in [0, 0.05) is 11.3 Å². The van der Waals surface area contributed by atoms with Crippen molar-refractivity contribution in [3.05, 3.63) is 51.1 Å². The van der Waals surface area contributed by atoms with Gasteiger partial charge in [-0.2, -0.15) is 0 Å². The number of rotatable bonds is 4. The van der Waals surface area contributed by atoms with Crippen LogP contribution in [0.25, 0.3) is 21.7 Å². The Balaban J connectivity index is 1.84. The average molecular weight is 457 g/mol. The van der Waals surface area contributed by atoms with Crippen LogP contribution >= 0.6 is 23.1 Å². The van der Waals surface area contributed by atoms with Gasteiger partial charge < -0.3 is 9.47 Å². The molecule has 4 aromatic rings. The highest BCUT2D eigenvalue weighted by molar-refractivity contribution is 7.99. The minimum atomic E-state index is -0.352. The van der Waals surface area contributed by atoms with E-state index in [9.17, 15) is 9.59 Å². The molecule has 0 aliphatic carbocycles. The van der Waals surface area contributed by atoms with Crippen molar-refractivity contribution in [3.8, 4) is 5.69 Å². The van der Waals surface area contributed by atoms with Crippen LogP contribution in [-0.2, 0) is 27.3 Å². The molecule has 10 heteroatoms. The SMILES string of the molecule is COC(=O)CSc1nnc2n(-c3ccccc3)c(=O)c3c4c(sc3n12)COC(C)(C)C4. The molecule has 160 valence electrons. The largest absolute Gasteiger partial charge is 0.468 e. The second-order valence-corrected chi connectivity index (χ2v) is 9.89. The van der Waals surface area contributed by atoms with Gasteiger partial charge in [-0.1, -0.05) is 30.0 Å². The van der Waals surface area contributed by atoms with Crippen LogP contribution in [-0.4, -0.2) is 43.6 Å². The molecule has 1 aromatic carbocycles. The molecule has 0 unspecified atom stereocenters. The van der Waals surface area contributed by atoms with E-state index in [2.05, 4.69) is 10.2 Å². The van der Waals surface area contributed by atoms with Crippen LogP contribution in [0.5, 0.6) is 0 Å². The van der Waals surface area contributed by atoms with E-state index >= 15 is 0 Å². The Bertz CT molecular complexity index is 1370. The number of fused-ring (bicyclic) bond motifs is 5. The summed E-state index contributed by atoms with van der Waals surface area (Å²) in [6, 6.07) is 9.40. The summed E-state index contributed by atoms with van der Waals surface area (Å²) < 4.78 is 14.2. The highest BCUT2D eigenvalue weighted by Crippen LogP contribution is 2.39. The monoisotopic (exact) mass is 456 g/mol. The summed E-state index contributed by atoms with van der Waals surface area (Å²) in [6.45, 7) is 4.52. The fourth-order valence-corrected chi connectivity index (χ4v) is 5.83.